The van der Waals surface area contributed by atoms with E-state index in [4.69, 9.17) is 5.73 Å². The molecule has 0 amide bonds. The van der Waals surface area contributed by atoms with Gasteiger partial charge in [0.1, 0.15) is 5.82 Å². The van der Waals surface area contributed by atoms with E-state index in [2.05, 4.69) is 5.10 Å². The number of halogens is 1. The second-order valence-electron chi connectivity index (χ2n) is 5.29. The van der Waals surface area contributed by atoms with Crippen molar-refractivity contribution in [3.63, 3.8) is 0 Å². The van der Waals surface area contributed by atoms with Crippen LogP contribution in [0.5, 0.6) is 0 Å². The van der Waals surface area contributed by atoms with Gasteiger partial charge in [0.15, 0.2) is 0 Å². The van der Waals surface area contributed by atoms with Crippen molar-refractivity contribution >= 4 is 0 Å². The third-order valence-corrected chi connectivity index (χ3v) is 3.11. The van der Waals surface area contributed by atoms with Crippen molar-refractivity contribution in [3.8, 4) is 11.3 Å². The van der Waals surface area contributed by atoms with E-state index in [1.807, 2.05) is 6.92 Å². The molecule has 2 rings (SSSR count). The molecule has 0 unspecified atom stereocenters. The zero-order chi connectivity index (χ0) is 14.9. The second-order valence-corrected chi connectivity index (χ2v) is 5.29. The molecule has 0 aliphatic heterocycles. The monoisotopic (exact) mass is 275 g/mol. The highest BCUT2D eigenvalue weighted by atomic mass is 19.1. The predicted molar refractivity (Wildman–Crippen MR) is 76.8 cm³/mol. The van der Waals surface area contributed by atoms with E-state index < -0.39 is 5.54 Å². The van der Waals surface area contributed by atoms with Crippen molar-refractivity contribution < 1.29 is 4.39 Å². The highest BCUT2D eigenvalue weighted by molar-refractivity contribution is 5.59. The van der Waals surface area contributed by atoms with Crippen molar-refractivity contribution in [1.29, 1.82) is 0 Å². The van der Waals surface area contributed by atoms with Gasteiger partial charge in [-0.3, -0.25) is 4.79 Å². The Morgan fingerprint density at radius 1 is 1.30 bits per heavy atom. The summed E-state index contributed by atoms with van der Waals surface area (Å²) in [6, 6.07) is 7.68. The minimum atomic E-state index is -0.758. The minimum Gasteiger partial charge on any atom is -0.322 e. The Hall–Kier alpha value is -2.01. The summed E-state index contributed by atoms with van der Waals surface area (Å²) >= 11 is 0. The van der Waals surface area contributed by atoms with Crippen LogP contribution in [0.1, 0.15) is 26.3 Å². The van der Waals surface area contributed by atoms with Gasteiger partial charge in [-0.2, -0.15) is 5.10 Å². The molecule has 0 aliphatic rings. The molecule has 0 saturated heterocycles. The summed E-state index contributed by atoms with van der Waals surface area (Å²) in [5.41, 5.74) is 6.96. The van der Waals surface area contributed by atoms with Gasteiger partial charge < -0.3 is 5.73 Å². The zero-order valence-electron chi connectivity index (χ0n) is 11.9. The number of hydrogen-bond acceptors (Lipinski definition) is 3. The quantitative estimate of drug-likeness (QED) is 0.934. The number of hydrogen-bond donors (Lipinski definition) is 1. The lowest BCUT2D eigenvalue weighted by Gasteiger charge is -2.20. The number of aromatic nitrogens is 2. The molecule has 0 atom stereocenters. The van der Waals surface area contributed by atoms with E-state index >= 15 is 0 Å². The lowest BCUT2D eigenvalue weighted by molar-refractivity contribution is 0.519. The molecule has 1 aromatic heterocycles. The number of benzene rings is 1. The summed E-state index contributed by atoms with van der Waals surface area (Å²) < 4.78 is 14.4. The van der Waals surface area contributed by atoms with Crippen LogP contribution in [0, 0.1) is 5.82 Å². The molecule has 5 heteroatoms. The third kappa shape index (κ3) is 2.77. The van der Waals surface area contributed by atoms with Gasteiger partial charge in [0, 0.05) is 23.2 Å². The van der Waals surface area contributed by atoms with Crippen LogP contribution in [0.3, 0.4) is 0 Å². The van der Waals surface area contributed by atoms with E-state index in [0.717, 1.165) is 5.56 Å². The van der Waals surface area contributed by atoms with Crippen LogP contribution in [0.25, 0.3) is 11.3 Å². The number of nitrogens with two attached hydrogens (primary N) is 1. The van der Waals surface area contributed by atoms with E-state index in [1.165, 1.54) is 16.8 Å². The van der Waals surface area contributed by atoms with Crippen LogP contribution in [-0.2, 0) is 12.1 Å². The maximum absolute atomic E-state index is 13.0. The van der Waals surface area contributed by atoms with Gasteiger partial charge in [-0.1, -0.05) is 0 Å². The van der Waals surface area contributed by atoms with E-state index in [9.17, 15) is 9.18 Å². The summed E-state index contributed by atoms with van der Waals surface area (Å²) in [6.07, 6.45) is 0. The van der Waals surface area contributed by atoms with Crippen molar-refractivity contribution in [3.05, 3.63) is 52.1 Å². The van der Waals surface area contributed by atoms with Crippen LogP contribution in [0.15, 0.2) is 35.1 Å². The molecule has 1 aromatic carbocycles. The fraction of sp³-hybridized carbons (Fsp3) is 0.333. The molecule has 0 radical (unpaired) electrons. The Kier molecular flexibility index (Phi) is 3.72. The number of aryl methyl sites for hydroxylation is 1. The lowest BCUT2D eigenvalue weighted by atomic mass is 9.96. The van der Waals surface area contributed by atoms with Gasteiger partial charge in [-0.25, -0.2) is 9.07 Å². The maximum Gasteiger partial charge on any atom is 0.271 e. The first kappa shape index (κ1) is 14.4. The van der Waals surface area contributed by atoms with Gasteiger partial charge in [-0.05, 0) is 51.1 Å². The largest absolute Gasteiger partial charge is 0.322 e. The zero-order valence-corrected chi connectivity index (χ0v) is 11.9. The van der Waals surface area contributed by atoms with Crippen LogP contribution in [0.2, 0.25) is 0 Å². The molecule has 0 saturated carbocycles. The van der Waals surface area contributed by atoms with Crippen LogP contribution >= 0.6 is 0 Å². The fourth-order valence-electron chi connectivity index (χ4n) is 1.98. The summed E-state index contributed by atoms with van der Waals surface area (Å²) in [7, 11) is 0. The first-order valence-electron chi connectivity index (χ1n) is 6.50. The Morgan fingerprint density at radius 3 is 2.40 bits per heavy atom. The third-order valence-electron chi connectivity index (χ3n) is 3.11. The van der Waals surface area contributed by atoms with Crippen molar-refractivity contribution in [2.75, 3.05) is 0 Å². The highest BCUT2D eigenvalue weighted by Gasteiger charge is 2.21. The topological polar surface area (TPSA) is 60.9 Å². The number of nitrogens with zero attached hydrogens (tertiary/aromatic N) is 2. The Bertz CT molecular complexity index is 669. The van der Waals surface area contributed by atoms with E-state index in [0.29, 0.717) is 17.8 Å². The first-order valence-corrected chi connectivity index (χ1v) is 6.50. The Balaban J connectivity index is 2.66. The predicted octanol–water partition coefficient (Wildman–Crippen LogP) is 2.26. The van der Waals surface area contributed by atoms with Crippen LogP contribution < -0.4 is 11.3 Å². The summed E-state index contributed by atoms with van der Waals surface area (Å²) in [5, 5.41) is 4.29. The molecule has 1 heterocycles. The van der Waals surface area contributed by atoms with Crippen LogP contribution in [-0.4, -0.2) is 9.78 Å². The molecule has 4 nitrogen and oxygen atoms in total. The minimum absolute atomic E-state index is 0.189. The Labute approximate surface area is 117 Å². The van der Waals surface area contributed by atoms with Crippen LogP contribution in [0.4, 0.5) is 4.39 Å². The molecule has 20 heavy (non-hydrogen) atoms. The lowest BCUT2D eigenvalue weighted by Crippen LogP contribution is -2.39. The Morgan fingerprint density at radius 2 is 1.90 bits per heavy atom. The van der Waals surface area contributed by atoms with E-state index in [1.54, 1.807) is 32.0 Å². The molecule has 0 spiro atoms. The van der Waals surface area contributed by atoms with Gasteiger partial charge in [0.05, 0.1) is 5.69 Å². The van der Waals surface area contributed by atoms with Gasteiger partial charge >= 0.3 is 0 Å². The summed E-state index contributed by atoms with van der Waals surface area (Å²) in [5.74, 6) is -0.308. The first-order chi connectivity index (χ1) is 9.32. The molecule has 106 valence electrons. The van der Waals surface area contributed by atoms with Crippen molar-refractivity contribution in [1.82, 2.24) is 9.78 Å². The average molecular weight is 275 g/mol. The van der Waals surface area contributed by atoms with Gasteiger partial charge in [0.2, 0.25) is 0 Å². The summed E-state index contributed by atoms with van der Waals surface area (Å²) in [6.45, 7) is 5.85. The average Bonchev–Trinajstić information content (AvgIpc) is 2.38. The molecule has 2 N–H and O–H groups in total. The van der Waals surface area contributed by atoms with Gasteiger partial charge in [0.25, 0.3) is 5.56 Å². The standard InChI is InChI=1S/C15H18FN3O/c1-4-19-14(20)12(15(2,3)17)9-13(18-19)10-5-7-11(16)8-6-10/h5-9H,4,17H2,1-3H3. The van der Waals surface area contributed by atoms with Gasteiger partial charge in [-0.15, -0.1) is 0 Å². The number of rotatable bonds is 3. The smallest absolute Gasteiger partial charge is 0.271 e. The van der Waals surface area contributed by atoms with E-state index in [-0.39, 0.29) is 11.4 Å². The fourth-order valence-corrected chi connectivity index (χ4v) is 1.98. The van der Waals surface area contributed by atoms with Crippen molar-refractivity contribution in [2.24, 2.45) is 5.73 Å². The highest BCUT2D eigenvalue weighted by Crippen LogP contribution is 2.21. The molecular weight excluding hydrogens is 257 g/mol. The summed E-state index contributed by atoms with van der Waals surface area (Å²) in [4.78, 5) is 12.2. The molecule has 0 aliphatic carbocycles. The second kappa shape index (κ2) is 5.17. The molecule has 0 fully saturated rings. The molecular formula is C15H18FN3O. The normalized spacial score (nSPS) is 11.7. The molecule has 0 bridgehead atoms. The maximum atomic E-state index is 13.0. The van der Waals surface area contributed by atoms with Crippen molar-refractivity contribution in [2.45, 2.75) is 32.9 Å². The SMILES string of the molecule is CCn1nc(-c2ccc(F)cc2)cc(C(C)(C)N)c1=O. The molecule has 2 aromatic rings.